The fraction of sp³-hybridized carbons (Fsp3) is 0.0400. The molecule has 0 spiro atoms. The molecule has 2 N–H and O–H groups in total. The number of nitrogens with one attached hydrogen (secondary N) is 2. The Kier molecular flexibility index (Phi) is 7.63. The van der Waals surface area contributed by atoms with Gasteiger partial charge in [0, 0.05) is 23.1 Å². The summed E-state index contributed by atoms with van der Waals surface area (Å²) in [5.41, 5.74) is 3.36. The van der Waals surface area contributed by atoms with Gasteiger partial charge < -0.3 is 5.32 Å². The lowest BCUT2D eigenvalue weighted by atomic mass is 10.1. The van der Waals surface area contributed by atoms with Crippen LogP contribution in [0.1, 0.15) is 21.5 Å². The number of carbonyl (C=O) groups is 2. The molecule has 4 rings (SSSR count). The van der Waals surface area contributed by atoms with E-state index < -0.39 is 0 Å². The van der Waals surface area contributed by atoms with Crippen LogP contribution in [0.4, 0.5) is 10.8 Å². The first-order valence-electron chi connectivity index (χ1n) is 10.1. The predicted octanol–water partition coefficient (Wildman–Crippen LogP) is 5.73. The molecular formula is C25H20N4O2S2. The second-order valence-electron chi connectivity index (χ2n) is 6.91. The van der Waals surface area contributed by atoms with Crippen molar-refractivity contribution in [3.8, 4) is 0 Å². The minimum absolute atomic E-state index is 0.147. The number of rotatable bonds is 8. The summed E-state index contributed by atoms with van der Waals surface area (Å²) in [4.78, 5) is 24.4. The highest BCUT2D eigenvalue weighted by Gasteiger charge is 2.09. The van der Waals surface area contributed by atoms with E-state index in [1.165, 1.54) is 29.2 Å². The number of amides is 2. The topological polar surface area (TPSA) is 84.0 Å². The molecule has 0 saturated carbocycles. The molecule has 0 aliphatic heterocycles. The molecule has 3 aromatic carbocycles. The molecule has 0 aliphatic carbocycles. The van der Waals surface area contributed by atoms with Crippen molar-refractivity contribution >= 4 is 51.8 Å². The Morgan fingerprint density at radius 3 is 2.27 bits per heavy atom. The Labute approximate surface area is 199 Å². The van der Waals surface area contributed by atoms with Gasteiger partial charge in [0.05, 0.1) is 0 Å². The Morgan fingerprint density at radius 1 is 0.848 bits per heavy atom. The highest BCUT2D eigenvalue weighted by atomic mass is 32.2. The summed E-state index contributed by atoms with van der Waals surface area (Å²) >= 11 is 2.85. The number of thioether (sulfide) groups is 1. The van der Waals surface area contributed by atoms with Crippen LogP contribution in [0.15, 0.2) is 95.3 Å². The van der Waals surface area contributed by atoms with Crippen LogP contribution in [-0.4, -0.2) is 22.0 Å². The number of para-hydroxylation sites is 1. The summed E-state index contributed by atoms with van der Waals surface area (Å²) in [5.74, 6) is 0.277. The van der Waals surface area contributed by atoms with Gasteiger partial charge in [-0.05, 0) is 41.5 Å². The largest absolute Gasteiger partial charge is 0.322 e. The van der Waals surface area contributed by atoms with Crippen LogP contribution < -0.4 is 10.6 Å². The van der Waals surface area contributed by atoms with Crippen LogP contribution in [0.5, 0.6) is 0 Å². The summed E-state index contributed by atoms with van der Waals surface area (Å²) in [5, 5.41) is 14.2. The van der Waals surface area contributed by atoms with Gasteiger partial charge >= 0.3 is 0 Å². The summed E-state index contributed by atoms with van der Waals surface area (Å²) in [6.45, 7) is 0. The summed E-state index contributed by atoms with van der Waals surface area (Å²) in [7, 11) is 0. The highest BCUT2D eigenvalue weighted by molar-refractivity contribution is 8.00. The zero-order chi connectivity index (χ0) is 22.9. The zero-order valence-electron chi connectivity index (χ0n) is 17.5. The van der Waals surface area contributed by atoms with E-state index >= 15 is 0 Å². The van der Waals surface area contributed by atoms with Gasteiger partial charge in [0.15, 0.2) is 4.34 Å². The number of hydrogen-bond acceptors (Lipinski definition) is 6. The van der Waals surface area contributed by atoms with E-state index in [0.717, 1.165) is 21.2 Å². The van der Waals surface area contributed by atoms with Crippen LogP contribution in [0.25, 0.3) is 6.08 Å². The lowest BCUT2D eigenvalue weighted by Gasteiger charge is -2.06. The van der Waals surface area contributed by atoms with E-state index in [9.17, 15) is 9.59 Å². The number of hydrogen-bond donors (Lipinski definition) is 2. The van der Waals surface area contributed by atoms with E-state index in [-0.39, 0.29) is 11.8 Å². The Bertz CT molecular complexity index is 1240. The molecule has 1 aromatic heterocycles. The van der Waals surface area contributed by atoms with Crippen molar-refractivity contribution in [2.24, 2.45) is 0 Å². The first kappa shape index (κ1) is 22.4. The number of anilines is 2. The summed E-state index contributed by atoms with van der Waals surface area (Å²) in [6.07, 6.45) is 3.22. The van der Waals surface area contributed by atoms with E-state index in [2.05, 4.69) is 20.8 Å². The maximum Gasteiger partial charge on any atom is 0.255 e. The first-order valence-corrected chi connectivity index (χ1v) is 11.9. The molecule has 4 aromatic rings. The van der Waals surface area contributed by atoms with Gasteiger partial charge in [0.1, 0.15) is 0 Å². The highest BCUT2D eigenvalue weighted by Crippen LogP contribution is 2.28. The van der Waals surface area contributed by atoms with Crippen LogP contribution in [0.3, 0.4) is 0 Å². The van der Waals surface area contributed by atoms with Crippen molar-refractivity contribution in [1.29, 1.82) is 0 Å². The van der Waals surface area contributed by atoms with Crippen molar-refractivity contribution in [3.63, 3.8) is 0 Å². The third-order valence-electron chi connectivity index (χ3n) is 4.47. The fourth-order valence-electron chi connectivity index (χ4n) is 2.82. The van der Waals surface area contributed by atoms with Crippen molar-refractivity contribution in [3.05, 3.63) is 108 Å². The van der Waals surface area contributed by atoms with Crippen molar-refractivity contribution in [1.82, 2.24) is 10.2 Å². The van der Waals surface area contributed by atoms with E-state index in [0.29, 0.717) is 16.4 Å². The Hall–Kier alpha value is -3.75. The van der Waals surface area contributed by atoms with E-state index in [1.54, 1.807) is 18.2 Å². The lowest BCUT2D eigenvalue weighted by Crippen LogP contribution is -2.11. The maximum absolute atomic E-state index is 12.4. The van der Waals surface area contributed by atoms with Gasteiger partial charge in [-0.3, -0.25) is 14.9 Å². The third-order valence-corrected chi connectivity index (χ3v) is 6.52. The Morgan fingerprint density at radius 2 is 1.55 bits per heavy atom. The minimum Gasteiger partial charge on any atom is -0.322 e. The molecule has 0 unspecified atom stereocenters. The molecule has 0 radical (unpaired) electrons. The average Bonchev–Trinajstić information content (AvgIpc) is 3.30. The SMILES string of the molecule is O=C(C=Cc1ccccc1)Nc1nnc(SCc2ccc(C(=O)Nc3ccccc3)cc2)s1. The van der Waals surface area contributed by atoms with Crippen LogP contribution in [0.2, 0.25) is 0 Å². The van der Waals surface area contributed by atoms with Crippen LogP contribution in [-0.2, 0) is 10.5 Å². The van der Waals surface area contributed by atoms with Crippen LogP contribution >= 0.6 is 23.1 Å². The molecule has 0 bridgehead atoms. The van der Waals surface area contributed by atoms with E-state index in [1.807, 2.05) is 72.8 Å². The molecule has 33 heavy (non-hydrogen) atoms. The molecule has 0 saturated heterocycles. The molecule has 2 amide bonds. The smallest absolute Gasteiger partial charge is 0.255 e. The van der Waals surface area contributed by atoms with Crippen molar-refractivity contribution in [2.75, 3.05) is 10.6 Å². The molecule has 164 valence electrons. The number of aromatic nitrogens is 2. The molecule has 0 fully saturated rings. The van der Waals surface area contributed by atoms with Gasteiger partial charge in [-0.15, -0.1) is 10.2 Å². The van der Waals surface area contributed by atoms with Gasteiger partial charge in [-0.2, -0.15) is 0 Å². The number of carbonyl (C=O) groups excluding carboxylic acids is 2. The molecular weight excluding hydrogens is 452 g/mol. The maximum atomic E-state index is 12.4. The molecule has 8 heteroatoms. The molecule has 1 heterocycles. The fourth-order valence-corrected chi connectivity index (χ4v) is 4.53. The standard InChI is InChI=1S/C25H20N4O2S2/c30-22(16-13-18-7-3-1-4-8-18)27-24-28-29-25(33-24)32-17-19-11-14-20(15-12-19)23(31)26-21-9-5-2-6-10-21/h1-16H,17H2,(H,26,31)(H,27,28,30). The van der Waals surface area contributed by atoms with Crippen molar-refractivity contribution < 1.29 is 9.59 Å². The number of nitrogens with zero attached hydrogens (tertiary/aromatic N) is 2. The summed E-state index contributed by atoms with van der Waals surface area (Å²) < 4.78 is 0.753. The molecule has 6 nitrogen and oxygen atoms in total. The first-order chi connectivity index (χ1) is 16.2. The summed E-state index contributed by atoms with van der Waals surface area (Å²) in [6, 6.07) is 26.4. The lowest BCUT2D eigenvalue weighted by molar-refractivity contribution is -0.111. The Balaban J connectivity index is 1.26. The monoisotopic (exact) mass is 472 g/mol. The molecule has 0 atom stereocenters. The second-order valence-corrected chi connectivity index (χ2v) is 9.11. The van der Waals surface area contributed by atoms with Crippen LogP contribution in [0, 0.1) is 0 Å². The number of benzene rings is 3. The quantitative estimate of drug-likeness (QED) is 0.194. The van der Waals surface area contributed by atoms with Crippen molar-refractivity contribution in [2.45, 2.75) is 10.1 Å². The van der Waals surface area contributed by atoms with Gasteiger partial charge in [-0.25, -0.2) is 0 Å². The predicted molar refractivity (Wildman–Crippen MR) is 134 cm³/mol. The van der Waals surface area contributed by atoms with Gasteiger partial charge in [0.2, 0.25) is 11.0 Å². The zero-order valence-corrected chi connectivity index (χ0v) is 19.1. The van der Waals surface area contributed by atoms with Gasteiger partial charge in [-0.1, -0.05) is 83.8 Å². The van der Waals surface area contributed by atoms with E-state index in [4.69, 9.17) is 0 Å². The average molecular weight is 473 g/mol. The van der Waals surface area contributed by atoms with Gasteiger partial charge in [0.25, 0.3) is 5.91 Å². The minimum atomic E-state index is -0.254. The second kappa shape index (κ2) is 11.2. The third kappa shape index (κ3) is 6.86. The normalized spacial score (nSPS) is 10.8. The molecule has 0 aliphatic rings.